The summed E-state index contributed by atoms with van der Waals surface area (Å²) in [4.78, 5) is 21.2. The monoisotopic (exact) mass is 272 g/mol. The lowest BCUT2D eigenvalue weighted by atomic mass is 10.3. The van der Waals surface area contributed by atoms with E-state index >= 15 is 0 Å². The highest BCUT2D eigenvalue weighted by Gasteiger charge is 2.23. The fraction of sp³-hybridized carbons (Fsp3) is 0.333. The average Bonchev–Trinajstić information content (AvgIpc) is 2.54. The van der Waals surface area contributed by atoms with E-state index in [2.05, 4.69) is 10.1 Å². The van der Waals surface area contributed by atoms with E-state index in [1.165, 1.54) is 17.8 Å². The predicted molar refractivity (Wildman–Crippen MR) is 68.3 cm³/mol. The largest absolute Gasteiger partial charge is 0.450 e. The fourth-order valence-corrected chi connectivity index (χ4v) is 1.71. The number of nitrogens with one attached hydrogen (secondary N) is 1. The van der Waals surface area contributed by atoms with Crippen LogP contribution in [0.4, 0.5) is 16.2 Å². The number of hydrogen-bond donors (Lipinski definition) is 2. The van der Waals surface area contributed by atoms with Crippen LogP contribution in [0.25, 0.3) is 0 Å². The lowest BCUT2D eigenvalue weighted by Crippen LogP contribution is -2.31. The molecule has 0 radical (unpaired) electrons. The Morgan fingerprint density at radius 2 is 2.33 bits per heavy atom. The van der Waals surface area contributed by atoms with Gasteiger partial charge >= 0.3 is 11.8 Å². The maximum atomic E-state index is 11.2. The molecule has 0 aliphatic heterocycles. The molecule has 1 amide bonds. The van der Waals surface area contributed by atoms with Crippen molar-refractivity contribution in [1.82, 2.24) is 9.88 Å². The molecule has 8 nitrogen and oxygen atoms in total. The molecular formula is C9H12N4O4S. The van der Waals surface area contributed by atoms with Crippen molar-refractivity contribution in [3.63, 3.8) is 0 Å². The molecule has 0 aromatic carbocycles. The number of carbonyl (C=O) groups excluding carboxylic acids is 1. The number of nitro groups is 1. The van der Waals surface area contributed by atoms with Gasteiger partial charge in [0.2, 0.25) is 0 Å². The number of amides is 1. The van der Waals surface area contributed by atoms with E-state index in [-0.39, 0.29) is 28.7 Å². The number of nitrogens with two attached hydrogens (primary N) is 1. The summed E-state index contributed by atoms with van der Waals surface area (Å²) in [6.45, 7) is 1.83. The zero-order valence-electron chi connectivity index (χ0n) is 9.80. The van der Waals surface area contributed by atoms with Crippen molar-refractivity contribution in [2.45, 2.75) is 6.92 Å². The summed E-state index contributed by atoms with van der Waals surface area (Å²) in [5.41, 5.74) is 5.46. The Hall–Kier alpha value is -2.16. The van der Waals surface area contributed by atoms with Crippen LogP contribution < -0.4 is 11.1 Å². The van der Waals surface area contributed by atoms with E-state index in [4.69, 9.17) is 18.0 Å². The number of anilines is 1. The predicted octanol–water partition coefficient (Wildman–Crippen LogP) is 0.937. The van der Waals surface area contributed by atoms with Crippen molar-refractivity contribution < 1.29 is 14.5 Å². The van der Waals surface area contributed by atoms with Gasteiger partial charge in [-0.15, -0.1) is 0 Å². The number of ether oxygens (including phenoxy) is 1. The first-order valence-electron chi connectivity index (χ1n) is 4.95. The minimum atomic E-state index is -0.731. The summed E-state index contributed by atoms with van der Waals surface area (Å²) < 4.78 is 6.02. The normalized spacial score (nSPS) is 9.89. The van der Waals surface area contributed by atoms with E-state index in [0.717, 1.165) is 0 Å². The number of alkyl carbamates (subject to hydrolysis) is 1. The summed E-state index contributed by atoms with van der Waals surface area (Å²) >= 11 is 4.95. The maximum Gasteiger partial charge on any atom is 0.412 e. The van der Waals surface area contributed by atoms with Gasteiger partial charge in [0.15, 0.2) is 0 Å². The van der Waals surface area contributed by atoms with E-state index in [9.17, 15) is 14.9 Å². The SMILES string of the molecule is CCOC(=O)NC(=S)c1c(N)c([N+](=O)[O-])cn1C. The highest BCUT2D eigenvalue weighted by atomic mass is 32.1. The molecular weight excluding hydrogens is 260 g/mol. The topological polar surface area (TPSA) is 112 Å². The van der Waals surface area contributed by atoms with Gasteiger partial charge in [-0.1, -0.05) is 12.2 Å². The lowest BCUT2D eigenvalue weighted by molar-refractivity contribution is -0.383. The number of nitrogens with zero attached hydrogens (tertiary/aromatic N) is 2. The smallest absolute Gasteiger partial charge is 0.412 e. The summed E-state index contributed by atoms with van der Waals surface area (Å²) in [5, 5.41) is 13.0. The third-order valence-corrected chi connectivity index (χ3v) is 2.40. The molecule has 0 saturated heterocycles. The van der Waals surface area contributed by atoms with Gasteiger partial charge in [-0.2, -0.15) is 0 Å². The molecule has 0 fully saturated rings. The van der Waals surface area contributed by atoms with Crippen molar-refractivity contribution in [3.05, 3.63) is 22.0 Å². The Balaban J connectivity index is 3.00. The van der Waals surface area contributed by atoms with Crippen molar-refractivity contribution >= 4 is 34.7 Å². The van der Waals surface area contributed by atoms with Crippen LogP contribution in [-0.2, 0) is 11.8 Å². The Kier molecular flexibility index (Phi) is 4.21. The van der Waals surface area contributed by atoms with Gasteiger partial charge in [-0.05, 0) is 6.92 Å². The van der Waals surface area contributed by atoms with Crippen LogP contribution in [0.3, 0.4) is 0 Å². The van der Waals surface area contributed by atoms with Crippen LogP contribution in [0.2, 0.25) is 0 Å². The highest BCUT2D eigenvalue weighted by Crippen LogP contribution is 2.26. The Morgan fingerprint density at radius 3 is 2.78 bits per heavy atom. The number of thiocarbonyl (C=S) groups is 1. The van der Waals surface area contributed by atoms with Gasteiger partial charge in [0.1, 0.15) is 16.4 Å². The standard InChI is InChI=1S/C9H12N4O4S/c1-3-17-9(14)11-8(18)7-6(10)5(13(15)16)4-12(7)2/h4H,3,10H2,1-2H3,(H,11,14,18). The molecule has 1 rings (SSSR count). The van der Waals surface area contributed by atoms with Gasteiger partial charge in [-0.3, -0.25) is 15.4 Å². The maximum absolute atomic E-state index is 11.2. The van der Waals surface area contributed by atoms with Crippen molar-refractivity contribution in [3.8, 4) is 0 Å². The van der Waals surface area contributed by atoms with Gasteiger partial charge in [-0.25, -0.2) is 4.79 Å². The van der Waals surface area contributed by atoms with Crippen LogP contribution in [0.15, 0.2) is 6.20 Å². The summed E-state index contributed by atoms with van der Waals surface area (Å²) in [6, 6.07) is 0. The second-order valence-corrected chi connectivity index (χ2v) is 3.73. The zero-order valence-corrected chi connectivity index (χ0v) is 10.6. The molecule has 1 heterocycles. The van der Waals surface area contributed by atoms with Crippen LogP contribution in [0, 0.1) is 10.1 Å². The molecule has 1 aromatic heterocycles. The lowest BCUT2D eigenvalue weighted by Gasteiger charge is -2.08. The minimum absolute atomic E-state index is 0.0263. The van der Waals surface area contributed by atoms with E-state index in [1.807, 2.05) is 0 Å². The molecule has 18 heavy (non-hydrogen) atoms. The number of hydrogen-bond acceptors (Lipinski definition) is 6. The van der Waals surface area contributed by atoms with E-state index in [0.29, 0.717) is 0 Å². The summed E-state index contributed by atoms with van der Waals surface area (Å²) in [5.74, 6) is 0. The number of rotatable bonds is 3. The molecule has 1 aromatic rings. The first kappa shape index (κ1) is 13.9. The number of aromatic nitrogens is 1. The minimum Gasteiger partial charge on any atom is -0.450 e. The fourth-order valence-electron chi connectivity index (χ4n) is 1.38. The van der Waals surface area contributed by atoms with Gasteiger partial charge in [0.25, 0.3) is 0 Å². The van der Waals surface area contributed by atoms with Crippen LogP contribution >= 0.6 is 12.2 Å². The Labute approximate surface area is 108 Å². The van der Waals surface area contributed by atoms with Crippen LogP contribution in [0.5, 0.6) is 0 Å². The molecule has 0 saturated carbocycles. The Morgan fingerprint density at radius 1 is 1.72 bits per heavy atom. The molecule has 0 bridgehead atoms. The molecule has 9 heteroatoms. The molecule has 3 N–H and O–H groups in total. The van der Waals surface area contributed by atoms with E-state index < -0.39 is 11.0 Å². The number of aryl methyl sites for hydroxylation is 1. The number of carbonyl (C=O) groups is 1. The third-order valence-electron chi connectivity index (χ3n) is 2.10. The quantitative estimate of drug-likeness (QED) is 0.481. The van der Waals surface area contributed by atoms with Crippen molar-refractivity contribution in [1.29, 1.82) is 0 Å². The highest BCUT2D eigenvalue weighted by molar-refractivity contribution is 7.80. The van der Waals surface area contributed by atoms with E-state index in [1.54, 1.807) is 6.92 Å². The molecule has 0 aliphatic rings. The second-order valence-electron chi connectivity index (χ2n) is 3.32. The summed E-state index contributed by atoms with van der Waals surface area (Å²) in [7, 11) is 1.54. The Bertz CT molecular complexity index is 511. The van der Waals surface area contributed by atoms with Gasteiger partial charge in [0, 0.05) is 7.05 Å². The van der Waals surface area contributed by atoms with Crippen LogP contribution in [-0.4, -0.2) is 27.2 Å². The molecule has 98 valence electrons. The first-order valence-corrected chi connectivity index (χ1v) is 5.36. The molecule has 0 unspecified atom stereocenters. The van der Waals surface area contributed by atoms with Gasteiger partial charge < -0.3 is 15.0 Å². The van der Waals surface area contributed by atoms with Gasteiger partial charge in [0.05, 0.1) is 17.7 Å². The molecule has 0 spiro atoms. The van der Waals surface area contributed by atoms with Crippen molar-refractivity contribution in [2.24, 2.45) is 7.05 Å². The summed E-state index contributed by atoms with van der Waals surface area (Å²) in [6.07, 6.45) is 0.495. The van der Waals surface area contributed by atoms with Crippen LogP contribution in [0.1, 0.15) is 12.6 Å². The molecule has 0 aliphatic carbocycles. The molecule has 0 atom stereocenters. The second kappa shape index (κ2) is 5.45. The zero-order chi connectivity index (χ0) is 13.9. The first-order chi connectivity index (χ1) is 8.38. The number of nitrogen functional groups attached to an aromatic ring is 1. The van der Waals surface area contributed by atoms with Crippen molar-refractivity contribution in [2.75, 3.05) is 12.3 Å². The third kappa shape index (κ3) is 2.74. The average molecular weight is 272 g/mol.